The predicted octanol–water partition coefficient (Wildman–Crippen LogP) is 2.80. The SMILES string of the molecule is CC1CCCN(Cc2csc(NC(=O)c3ccc(CNC(N)=O)cc3)n2)C1. The third-order valence-electron chi connectivity index (χ3n) is 4.58. The molecule has 3 rings (SSSR count). The highest BCUT2D eigenvalue weighted by Gasteiger charge is 2.17. The topological polar surface area (TPSA) is 100 Å². The summed E-state index contributed by atoms with van der Waals surface area (Å²) < 4.78 is 0. The molecule has 1 unspecified atom stereocenters. The number of benzene rings is 1. The van der Waals surface area contributed by atoms with Gasteiger partial charge in [0, 0.05) is 30.6 Å². The van der Waals surface area contributed by atoms with Crippen LogP contribution in [0.3, 0.4) is 0 Å². The number of nitrogens with zero attached hydrogens (tertiary/aromatic N) is 2. The number of carbonyl (C=O) groups excluding carboxylic acids is 2. The number of hydrogen-bond acceptors (Lipinski definition) is 5. The zero-order chi connectivity index (χ0) is 19.2. The molecule has 2 heterocycles. The van der Waals surface area contributed by atoms with E-state index in [0.29, 0.717) is 17.2 Å². The quantitative estimate of drug-likeness (QED) is 0.709. The molecule has 0 aliphatic carbocycles. The molecule has 1 atom stereocenters. The Morgan fingerprint density at radius 2 is 2.11 bits per heavy atom. The zero-order valence-corrected chi connectivity index (χ0v) is 16.2. The lowest BCUT2D eigenvalue weighted by Crippen LogP contribution is -2.33. The van der Waals surface area contributed by atoms with Crippen molar-refractivity contribution in [2.45, 2.75) is 32.9 Å². The van der Waals surface area contributed by atoms with Gasteiger partial charge in [-0.2, -0.15) is 0 Å². The van der Waals surface area contributed by atoms with Crippen LogP contribution < -0.4 is 16.4 Å². The van der Waals surface area contributed by atoms with Crippen LogP contribution in [-0.4, -0.2) is 34.9 Å². The Morgan fingerprint density at radius 3 is 2.81 bits per heavy atom. The highest BCUT2D eigenvalue weighted by Crippen LogP contribution is 2.21. The van der Waals surface area contributed by atoms with Crippen LogP contribution in [0.5, 0.6) is 0 Å². The number of piperidine rings is 1. The second kappa shape index (κ2) is 8.96. The fourth-order valence-corrected chi connectivity index (χ4v) is 3.93. The number of rotatable bonds is 6. The van der Waals surface area contributed by atoms with Gasteiger partial charge in [-0.05, 0) is 43.0 Å². The lowest BCUT2D eigenvalue weighted by Gasteiger charge is -2.30. The highest BCUT2D eigenvalue weighted by molar-refractivity contribution is 7.13. The number of nitrogens with one attached hydrogen (secondary N) is 2. The first-order valence-electron chi connectivity index (χ1n) is 9.10. The molecule has 144 valence electrons. The van der Waals surface area contributed by atoms with Crippen LogP contribution in [0.4, 0.5) is 9.93 Å². The summed E-state index contributed by atoms with van der Waals surface area (Å²) in [5, 5.41) is 7.99. The lowest BCUT2D eigenvalue weighted by molar-refractivity contribution is 0.102. The van der Waals surface area contributed by atoms with Gasteiger partial charge in [-0.3, -0.25) is 15.0 Å². The summed E-state index contributed by atoms with van der Waals surface area (Å²) in [6.07, 6.45) is 2.53. The van der Waals surface area contributed by atoms with E-state index in [4.69, 9.17) is 5.73 Å². The molecule has 1 aromatic heterocycles. The fourth-order valence-electron chi connectivity index (χ4n) is 3.23. The second-order valence-corrected chi connectivity index (χ2v) is 7.85. The van der Waals surface area contributed by atoms with Gasteiger partial charge in [0.05, 0.1) is 5.69 Å². The minimum atomic E-state index is -0.574. The summed E-state index contributed by atoms with van der Waals surface area (Å²) in [5.74, 6) is 0.537. The number of likely N-dealkylation sites (tertiary alicyclic amines) is 1. The predicted molar refractivity (Wildman–Crippen MR) is 107 cm³/mol. The molecule has 3 amide bonds. The van der Waals surface area contributed by atoms with Gasteiger partial charge in [0.2, 0.25) is 0 Å². The van der Waals surface area contributed by atoms with Crippen molar-refractivity contribution in [2.75, 3.05) is 18.4 Å². The zero-order valence-electron chi connectivity index (χ0n) is 15.4. The number of hydrogen-bond donors (Lipinski definition) is 3. The first-order chi connectivity index (χ1) is 13.0. The van der Waals surface area contributed by atoms with E-state index in [2.05, 4.69) is 27.4 Å². The van der Waals surface area contributed by atoms with Gasteiger partial charge in [0.1, 0.15) is 0 Å². The molecule has 1 aliphatic rings. The molecule has 0 bridgehead atoms. The highest BCUT2D eigenvalue weighted by atomic mass is 32.1. The maximum absolute atomic E-state index is 12.4. The van der Waals surface area contributed by atoms with E-state index in [1.54, 1.807) is 24.3 Å². The minimum absolute atomic E-state index is 0.197. The molecule has 0 spiro atoms. The van der Waals surface area contributed by atoms with Crippen LogP contribution in [0.2, 0.25) is 0 Å². The number of aromatic nitrogens is 1. The van der Waals surface area contributed by atoms with Crippen LogP contribution in [0.1, 0.15) is 41.4 Å². The van der Waals surface area contributed by atoms with Gasteiger partial charge in [0.15, 0.2) is 5.13 Å². The average Bonchev–Trinajstić information content (AvgIpc) is 3.07. The standard InChI is InChI=1S/C19H25N5O2S/c1-13-3-2-8-24(10-13)11-16-12-27-19(22-16)23-17(25)15-6-4-14(5-7-15)9-21-18(20)26/h4-7,12-13H,2-3,8-11H2,1H3,(H3,20,21,26)(H,22,23,25). The van der Waals surface area contributed by atoms with Gasteiger partial charge >= 0.3 is 6.03 Å². The van der Waals surface area contributed by atoms with Gasteiger partial charge in [-0.25, -0.2) is 9.78 Å². The Balaban J connectivity index is 1.53. The first-order valence-corrected chi connectivity index (χ1v) is 9.98. The largest absolute Gasteiger partial charge is 0.352 e. The van der Waals surface area contributed by atoms with E-state index in [0.717, 1.165) is 36.8 Å². The summed E-state index contributed by atoms with van der Waals surface area (Å²) in [6.45, 7) is 5.67. The molecular formula is C19H25N5O2S. The van der Waals surface area contributed by atoms with Gasteiger partial charge in [0.25, 0.3) is 5.91 Å². The fraction of sp³-hybridized carbons (Fsp3) is 0.421. The Bertz CT molecular complexity index is 790. The molecule has 8 heteroatoms. The summed E-state index contributed by atoms with van der Waals surface area (Å²) >= 11 is 1.45. The van der Waals surface area contributed by atoms with E-state index in [1.807, 2.05) is 5.38 Å². The van der Waals surface area contributed by atoms with E-state index in [9.17, 15) is 9.59 Å². The molecule has 7 nitrogen and oxygen atoms in total. The van der Waals surface area contributed by atoms with Crippen molar-refractivity contribution >= 4 is 28.4 Å². The van der Waals surface area contributed by atoms with E-state index in [-0.39, 0.29) is 5.91 Å². The van der Waals surface area contributed by atoms with Crippen molar-refractivity contribution < 1.29 is 9.59 Å². The van der Waals surface area contributed by atoms with E-state index < -0.39 is 6.03 Å². The normalized spacial score (nSPS) is 17.4. The minimum Gasteiger partial charge on any atom is -0.352 e. The van der Waals surface area contributed by atoms with Crippen molar-refractivity contribution in [1.82, 2.24) is 15.2 Å². The lowest BCUT2D eigenvalue weighted by atomic mass is 10.0. The van der Waals surface area contributed by atoms with Crippen LogP contribution in [0.15, 0.2) is 29.6 Å². The van der Waals surface area contributed by atoms with E-state index in [1.165, 1.54) is 24.2 Å². The van der Waals surface area contributed by atoms with Crippen molar-refractivity contribution in [3.63, 3.8) is 0 Å². The van der Waals surface area contributed by atoms with E-state index >= 15 is 0 Å². The van der Waals surface area contributed by atoms with Crippen molar-refractivity contribution in [1.29, 1.82) is 0 Å². The Kier molecular flexibility index (Phi) is 6.41. The van der Waals surface area contributed by atoms with Crippen LogP contribution in [0.25, 0.3) is 0 Å². The first kappa shape index (κ1) is 19.3. The maximum atomic E-state index is 12.4. The Hall–Kier alpha value is -2.45. The number of primary amides is 1. The Morgan fingerprint density at radius 1 is 1.33 bits per heavy atom. The molecule has 0 saturated carbocycles. The molecule has 27 heavy (non-hydrogen) atoms. The van der Waals surface area contributed by atoms with Crippen LogP contribution in [-0.2, 0) is 13.1 Å². The maximum Gasteiger partial charge on any atom is 0.312 e. The number of nitrogens with two attached hydrogens (primary N) is 1. The molecule has 2 aromatic rings. The summed E-state index contributed by atoms with van der Waals surface area (Å²) in [7, 11) is 0. The van der Waals surface area contributed by atoms with Crippen molar-refractivity contribution in [3.8, 4) is 0 Å². The third kappa shape index (κ3) is 5.77. The molecule has 1 aliphatic heterocycles. The van der Waals surface area contributed by atoms with Gasteiger partial charge in [-0.1, -0.05) is 19.1 Å². The number of amides is 3. The van der Waals surface area contributed by atoms with Crippen LogP contribution >= 0.6 is 11.3 Å². The second-order valence-electron chi connectivity index (χ2n) is 7.00. The van der Waals surface area contributed by atoms with Gasteiger partial charge < -0.3 is 11.1 Å². The smallest absolute Gasteiger partial charge is 0.312 e. The summed E-state index contributed by atoms with van der Waals surface area (Å²) in [6, 6.07) is 6.44. The van der Waals surface area contributed by atoms with Crippen molar-refractivity contribution in [2.24, 2.45) is 11.7 Å². The number of thiazole rings is 1. The van der Waals surface area contributed by atoms with Gasteiger partial charge in [-0.15, -0.1) is 11.3 Å². The Labute approximate surface area is 163 Å². The molecule has 1 fully saturated rings. The van der Waals surface area contributed by atoms with Crippen LogP contribution in [0, 0.1) is 5.92 Å². The van der Waals surface area contributed by atoms with Crippen molar-refractivity contribution in [3.05, 3.63) is 46.5 Å². The number of anilines is 1. The number of carbonyl (C=O) groups is 2. The molecule has 1 aromatic carbocycles. The average molecular weight is 388 g/mol. The molecule has 4 N–H and O–H groups in total. The monoisotopic (exact) mass is 387 g/mol. The molecule has 0 radical (unpaired) electrons. The molecule has 1 saturated heterocycles. The molecular weight excluding hydrogens is 362 g/mol. The third-order valence-corrected chi connectivity index (χ3v) is 5.39. The summed E-state index contributed by atoms with van der Waals surface area (Å²) in [5.41, 5.74) is 7.46. The summed E-state index contributed by atoms with van der Waals surface area (Å²) in [4.78, 5) is 30.1. The number of urea groups is 1.